The summed E-state index contributed by atoms with van der Waals surface area (Å²) in [5.41, 5.74) is 5.55. The molecule has 2 rings (SSSR count). The third kappa shape index (κ3) is 2.20. The van der Waals surface area contributed by atoms with Gasteiger partial charge in [-0.1, -0.05) is 0 Å². The predicted molar refractivity (Wildman–Crippen MR) is 63.6 cm³/mol. The number of likely N-dealkylation sites (N-methyl/N-ethyl adjacent to an activating group) is 1. The Bertz CT molecular complexity index is 393. The molecular formula is C11H18N5+. The monoisotopic (exact) mass is 220 g/mol. The standard InChI is InChI=1S/C11H18N5/c1-16(7-2-3-12)8-6-15-11(16)9-10-13-4-5-14-10/h4-6,8H,2-3,7,9,12H2,1H3,(H,13,14)/q+1. The Morgan fingerprint density at radius 3 is 3.06 bits per heavy atom. The average Bonchev–Trinajstić information content (AvgIpc) is 2.88. The summed E-state index contributed by atoms with van der Waals surface area (Å²) < 4.78 is 0.748. The number of amidine groups is 1. The average molecular weight is 220 g/mol. The van der Waals surface area contributed by atoms with Crippen molar-refractivity contribution in [1.82, 2.24) is 9.97 Å². The van der Waals surface area contributed by atoms with E-state index in [9.17, 15) is 0 Å². The zero-order chi connectivity index (χ0) is 11.4. The molecule has 2 heterocycles. The zero-order valence-corrected chi connectivity index (χ0v) is 9.56. The summed E-state index contributed by atoms with van der Waals surface area (Å²) in [6.07, 6.45) is 9.34. The molecule has 0 aliphatic carbocycles. The fraction of sp³-hybridized carbons (Fsp3) is 0.455. The van der Waals surface area contributed by atoms with Gasteiger partial charge < -0.3 is 10.7 Å². The van der Waals surface area contributed by atoms with E-state index in [0.29, 0.717) is 0 Å². The summed E-state index contributed by atoms with van der Waals surface area (Å²) in [6, 6.07) is 0. The van der Waals surface area contributed by atoms with Crippen molar-refractivity contribution in [2.45, 2.75) is 12.8 Å². The van der Waals surface area contributed by atoms with Crippen molar-refractivity contribution < 1.29 is 4.48 Å². The molecule has 1 unspecified atom stereocenters. The van der Waals surface area contributed by atoms with Crippen molar-refractivity contribution in [1.29, 1.82) is 0 Å². The van der Waals surface area contributed by atoms with E-state index in [4.69, 9.17) is 5.73 Å². The first kappa shape index (κ1) is 11.0. The van der Waals surface area contributed by atoms with Crippen LogP contribution in [0.2, 0.25) is 0 Å². The molecule has 0 saturated heterocycles. The Labute approximate surface area is 95.3 Å². The molecular weight excluding hydrogens is 202 g/mol. The number of H-pyrrole nitrogens is 1. The Kier molecular flexibility index (Phi) is 3.17. The van der Waals surface area contributed by atoms with Gasteiger partial charge in [0, 0.05) is 18.8 Å². The molecule has 3 N–H and O–H groups in total. The number of nitrogens with zero attached hydrogens (tertiary/aromatic N) is 3. The number of quaternary nitrogens is 1. The van der Waals surface area contributed by atoms with Crippen LogP contribution in [0.4, 0.5) is 0 Å². The molecule has 0 saturated carbocycles. The summed E-state index contributed by atoms with van der Waals surface area (Å²) >= 11 is 0. The van der Waals surface area contributed by atoms with Gasteiger partial charge in [0.1, 0.15) is 18.4 Å². The maximum absolute atomic E-state index is 5.55. The van der Waals surface area contributed by atoms with E-state index in [-0.39, 0.29) is 0 Å². The third-order valence-electron chi connectivity index (χ3n) is 2.92. The molecule has 0 spiro atoms. The maximum atomic E-state index is 5.55. The summed E-state index contributed by atoms with van der Waals surface area (Å²) in [6.45, 7) is 1.71. The number of nitrogens with one attached hydrogen (secondary N) is 1. The lowest BCUT2D eigenvalue weighted by atomic mass is 10.2. The van der Waals surface area contributed by atoms with Crippen LogP contribution in [0, 0.1) is 0 Å². The van der Waals surface area contributed by atoms with E-state index in [1.165, 1.54) is 0 Å². The van der Waals surface area contributed by atoms with Gasteiger partial charge in [-0.05, 0) is 6.54 Å². The Morgan fingerprint density at radius 2 is 2.38 bits per heavy atom. The number of imidazole rings is 1. The second kappa shape index (κ2) is 4.59. The molecule has 1 atom stereocenters. The summed E-state index contributed by atoms with van der Waals surface area (Å²) in [7, 11) is 2.15. The normalized spacial score (nSPS) is 23.8. The number of aromatic nitrogens is 2. The lowest BCUT2D eigenvalue weighted by molar-refractivity contribution is -0.765. The van der Waals surface area contributed by atoms with E-state index < -0.39 is 0 Å². The summed E-state index contributed by atoms with van der Waals surface area (Å²) in [4.78, 5) is 11.8. The molecule has 5 nitrogen and oxygen atoms in total. The first-order chi connectivity index (χ1) is 7.74. The highest BCUT2D eigenvalue weighted by Crippen LogP contribution is 2.16. The van der Waals surface area contributed by atoms with Crippen molar-refractivity contribution in [2.24, 2.45) is 10.7 Å². The Hall–Kier alpha value is -1.46. The van der Waals surface area contributed by atoms with Gasteiger partial charge in [0.25, 0.3) is 0 Å². The van der Waals surface area contributed by atoms with Gasteiger partial charge in [-0.25, -0.2) is 9.98 Å². The fourth-order valence-electron chi connectivity index (χ4n) is 1.88. The van der Waals surface area contributed by atoms with Gasteiger partial charge in [0.2, 0.25) is 5.84 Å². The summed E-state index contributed by atoms with van der Waals surface area (Å²) in [5.74, 6) is 2.07. The number of rotatable bonds is 5. The lowest BCUT2D eigenvalue weighted by Gasteiger charge is -2.27. The molecule has 86 valence electrons. The van der Waals surface area contributed by atoms with Crippen LogP contribution in [0.15, 0.2) is 29.8 Å². The molecule has 1 aliphatic rings. The first-order valence-corrected chi connectivity index (χ1v) is 5.53. The minimum atomic E-state index is 0.718. The van der Waals surface area contributed by atoms with Crippen molar-refractivity contribution in [3.8, 4) is 0 Å². The third-order valence-corrected chi connectivity index (χ3v) is 2.92. The highest BCUT2D eigenvalue weighted by Gasteiger charge is 2.30. The number of nitrogens with two attached hydrogens (primary N) is 1. The van der Waals surface area contributed by atoms with Crippen molar-refractivity contribution in [2.75, 3.05) is 20.1 Å². The lowest BCUT2D eigenvalue weighted by Crippen LogP contribution is -2.44. The number of aromatic amines is 1. The maximum Gasteiger partial charge on any atom is 0.215 e. The molecule has 1 aromatic rings. The quantitative estimate of drug-likeness (QED) is 0.715. The van der Waals surface area contributed by atoms with Gasteiger partial charge >= 0.3 is 0 Å². The minimum absolute atomic E-state index is 0.718. The number of aliphatic imine (C=N–C) groups is 1. The fourth-order valence-corrected chi connectivity index (χ4v) is 1.88. The molecule has 16 heavy (non-hydrogen) atoms. The predicted octanol–water partition coefficient (Wildman–Crippen LogP) is 0.631. The molecule has 0 radical (unpaired) electrons. The van der Waals surface area contributed by atoms with Gasteiger partial charge in [-0.2, -0.15) is 0 Å². The van der Waals surface area contributed by atoms with Crippen LogP contribution in [-0.2, 0) is 6.42 Å². The van der Waals surface area contributed by atoms with Crippen LogP contribution >= 0.6 is 0 Å². The number of hydrogen-bond donors (Lipinski definition) is 2. The van der Waals surface area contributed by atoms with Gasteiger partial charge in [0.15, 0.2) is 0 Å². The van der Waals surface area contributed by atoms with Crippen LogP contribution in [-0.4, -0.2) is 40.4 Å². The molecule has 0 fully saturated rings. The van der Waals surface area contributed by atoms with Crippen molar-refractivity contribution in [3.63, 3.8) is 0 Å². The molecule has 0 bridgehead atoms. The van der Waals surface area contributed by atoms with Crippen LogP contribution in [0.3, 0.4) is 0 Å². The van der Waals surface area contributed by atoms with Crippen LogP contribution < -0.4 is 5.73 Å². The van der Waals surface area contributed by atoms with E-state index in [0.717, 1.165) is 42.1 Å². The van der Waals surface area contributed by atoms with E-state index in [2.05, 4.69) is 28.2 Å². The second-order valence-corrected chi connectivity index (χ2v) is 4.19. The second-order valence-electron chi connectivity index (χ2n) is 4.19. The van der Waals surface area contributed by atoms with Gasteiger partial charge in [0.05, 0.1) is 19.8 Å². The van der Waals surface area contributed by atoms with Crippen LogP contribution in [0.25, 0.3) is 0 Å². The van der Waals surface area contributed by atoms with Crippen LogP contribution in [0.5, 0.6) is 0 Å². The number of hydrogen-bond acceptors (Lipinski definition) is 3. The molecule has 0 amide bonds. The molecule has 1 aromatic heterocycles. The highest BCUT2D eigenvalue weighted by molar-refractivity contribution is 5.79. The summed E-state index contributed by atoms with van der Waals surface area (Å²) in [5, 5.41) is 0. The van der Waals surface area contributed by atoms with Crippen molar-refractivity contribution in [3.05, 3.63) is 30.6 Å². The largest absolute Gasteiger partial charge is 0.348 e. The van der Waals surface area contributed by atoms with E-state index in [1.54, 1.807) is 6.20 Å². The topological polar surface area (TPSA) is 67.1 Å². The van der Waals surface area contributed by atoms with Crippen LogP contribution in [0.1, 0.15) is 12.2 Å². The van der Waals surface area contributed by atoms with Gasteiger partial charge in [-0.15, -0.1) is 0 Å². The molecule has 1 aliphatic heterocycles. The van der Waals surface area contributed by atoms with E-state index in [1.807, 2.05) is 12.4 Å². The molecule has 0 aromatic carbocycles. The SMILES string of the molecule is C[N+]1(CCCN)C=CN=C1Cc1ncc[nH]1. The van der Waals surface area contributed by atoms with Gasteiger partial charge in [-0.3, -0.25) is 4.48 Å². The molecule has 5 heteroatoms. The minimum Gasteiger partial charge on any atom is -0.348 e. The zero-order valence-electron chi connectivity index (χ0n) is 9.56. The highest BCUT2D eigenvalue weighted by atomic mass is 15.4. The van der Waals surface area contributed by atoms with Crippen molar-refractivity contribution >= 4 is 5.84 Å². The smallest absolute Gasteiger partial charge is 0.215 e. The van der Waals surface area contributed by atoms with E-state index >= 15 is 0 Å². The Morgan fingerprint density at radius 1 is 1.50 bits per heavy atom. The Balaban J connectivity index is 2.04. The first-order valence-electron chi connectivity index (χ1n) is 5.53.